The number of hydrogen-bond donors (Lipinski definition) is 1. The maximum absolute atomic E-state index is 12.7. The normalized spacial score (nSPS) is 25.9. The Labute approximate surface area is 126 Å². The first-order chi connectivity index (χ1) is 10.2. The molecule has 21 heavy (non-hydrogen) atoms. The van der Waals surface area contributed by atoms with Crippen molar-refractivity contribution >= 4 is 11.6 Å². The smallest absolute Gasteiger partial charge is 0.241 e. The second-order valence-corrected chi connectivity index (χ2v) is 6.42. The summed E-state index contributed by atoms with van der Waals surface area (Å²) in [6.07, 6.45) is 3.32. The molecule has 3 rings (SSSR count). The first kappa shape index (κ1) is 14.5. The second kappa shape index (κ2) is 6.16. The van der Waals surface area contributed by atoms with E-state index in [2.05, 4.69) is 30.0 Å². The molecule has 0 saturated carbocycles. The minimum absolute atomic E-state index is 0.227. The summed E-state index contributed by atoms with van der Waals surface area (Å²) in [6, 6.07) is 8.53. The van der Waals surface area contributed by atoms with E-state index in [-0.39, 0.29) is 11.9 Å². The number of fused-ring (bicyclic) bond motifs is 1. The number of hydrogen-bond acceptors (Lipinski definition) is 3. The SMILES string of the molecule is CC1Cc2ccccc2N1C(=O)CN1CCCC(CN)C1. The number of carbonyl (C=O) groups is 1. The summed E-state index contributed by atoms with van der Waals surface area (Å²) in [4.78, 5) is 17.0. The van der Waals surface area contributed by atoms with Crippen LogP contribution in [0, 0.1) is 5.92 Å². The third-order valence-corrected chi connectivity index (χ3v) is 4.77. The molecule has 1 amide bonds. The largest absolute Gasteiger partial charge is 0.330 e. The van der Waals surface area contributed by atoms with Crippen molar-refractivity contribution in [3.8, 4) is 0 Å². The van der Waals surface area contributed by atoms with E-state index < -0.39 is 0 Å². The van der Waals surface area contributed by atoms with Crippen LogP contribution in [0.25, 0.3) is 0 Å². The van der Waals surface area contributed by atoms with E-state index in [1.54, 1.807) is 0 Å². The van der Waals surface area contributed by atoms with Crippen LogP contribution >= 0.6 is 0 Å². The molecule has 1 aromatic carbocycles. The standard InChI is InChI=1S/C17H25N3O/c1-13-9-15-6-2-3-7-16(15)20(13)17(21)12-19-8-4-5-14(10-18)11-19/h2-3,6-7,13-14H,4-5,8-12,18H2,1H3. The molecule has 2 aliphatic rings. The maximum Gasteiger partial charge on any atom is 0.241 e. The molecule has 0 bridgehead atoms. The Morgan fingerprint density at radius 3 is 3.00 bits per heavy atom. The summed E-state index contributed by atoms with van der Waals surface area (Å²) in [5, 5.41) is 0. The molecule has 2 unspecified atom stereocenters. The highest BCUT2D eigenvalue weighted by molar-refractivity contribution is 5.97. The highest BCUT2D eigenvalue weighted by atomic mass is 16.2. The highest BCUT2D eigenvalue weighted by Gasteiger charge is 2.32. The Kier molecular flexibility index (Phi) is 4.27. The highest BCUT2D eigenvalue weighted by Crippen LogP contribution is 2.32. The van der Waals surface area contributed by atoms with Crippen molar-refractivity contribution in [2.24, 2.45) is 11.7 Å². The number of nitrogens with two attached hydrogens (primary N) is 1. The summed E-state index contributed by atoms with van der Waals surface area (Å²) >= 11 is 0. The fraction of sp³-hybridized carbons (Fsp3) is 0.588. The number of amides is 1. The minimum Gasteiger partial charge on any atom is -0.330 e. The fourth-order valence-corrected chi connectivity index (χ4v) is 3.70. The molecule has 4 heteroatoms. The van der Waals surface area contributed by atoms with Gasteiger partial charge in [0, 0.05) is 18.3 Å². The van der Waals surface area contributed by atoms with Crippen LogP contribution in [0.4, 0.5) is 5.69 Å². The molecule has 2 aliphatic heterocycles. The molecule has 2 heterocycles. The fourth-order valence-electron chi connectivity index (χ4n) is 3.70. The molecule has 1 aromatic rings. The average Bonchev–Trinajstić information content (AvgIpc) is 2.83. The Morgan fingerprint density at radius 1 is 1.38 bits per heavy atom. The van der Waals surface area contributed by atoms with Crippen molar-refractivity contribution in [2.75, 3.05) is 31.1 Å². The van der Waals surface area contributed by atoms with Gasteiger partial charge in [0.25, 0.3) is 0 Å². The summed E-state index contributed by atoms with van der Waals surface area (Å²) in [5.41, 5.74) is 8.17. The zero-order valence-corrected chi connectivity index (χ0v) is 12.8. The molecule has 0 aromatic heterocycles. The first-order valence-corrected chi connectivity index (χ1v) is 8.01. The van der Waals surface area contributed by atoms with Crippen molar-refractivity contribution in [1.82, 2.24) is 4.90 Å². The maximum atomic E-state index is 12.7. The van der Waals surface area contributed by atoms with Gasteiger partial charge in [0.2, 0.25) is 5.91 Å². The van der Waals surface area contributed by atoms with E-state index in [9.17, 15) is 4.79 Å². The minimum atomic E-state index is 0.227. The molecule has 4 nitrogen and oxygen atoms in total. The van der Waals surface area contributed by atoms with Crippen LogP contribution in [0.2, 0.25) is 0 Å². The number of likely N-dealkylation sites (tertiary alicyclic amines) is 1. The van der Waals surface area contributed by atoms with Crippen LogP contribution < -0.4 is 10.6 Å². The van der Waals surface area contributed by atoms with E-state index in [0.717, 1.165) is 38.2 Å². The summed E-state index contributed by atoms with van der Waals surface area (Å²) in [5.74, 6) is 0.778. The van der Waals surface area contributed by atoms with Crippen LogP contribution in [0.15, 0.2) is 24.3 Å². The van der Waals surface area contributed by atoms with Crippen LogP contribution in [0.1, 0.15) is 25.3 Å². The Bertz CT molecular complexity index is 517. The number of carbonyl (C=O) groups excluding carboxylic acids is 1. The molecule has 1 fully saturated rings. The van der Waals surface area contributed by atoms with Gasteiger partial charge in [-0.2, -0.15) is 0 Å². The van der Waals surface area contributed by atoms with Gasteiger partial charge in [0.1, 0.15) is 0 Å². The van der Waals surface area contributed by atoms with E-state index in [1.807, 2.05) is 11.0 Å². The summed E-state index contributed by atoms with van der Waals surface area (Å²) < 4.78 is 0. The van der Waals surface area contributed by atoms with Gasteiger partial charge in [0.05, 0.1) is 6.54 Å². The van der Waals surface area contributed by atoms with Crippen molar-refractivity contribution in [1.29, 1.82) is 0 Å². The van der Waals surface area contributed by atoms with Gasteiger partial charge in [-0.25, -0.2) is 0 Å². The topological polar surface area (TPSA) is 49.6 Å². The quantitative estimate of drug-likeness (QED) is 0.919. The number of anilines is 1. The Balaban J connectivity index is 1.68. The Hall–Kier alpha value is -1.39. The van der Waals surface area contributed by atoms with Gasteiger partial charge in [-0.15, -0.1) is 0 Å². The van der Waals surface area contributed by atoms with Crippen molar-refractivity contribution in [2.45, 2.75) is 32.2 Å². The summed E-state index contributed by atoms with van der Waals surface area (Å²) in [6.45, 7) is 5.37. The lowest BCUT2D eigenvalue weighted by Crippen LogP contribution is -2.47. The molecule has 0 aliphatic carbocycles. The predicted molar refractivity (Wildman–Crippen MR) is 85.3 cm³/mol. The zero-order chi connectivity index (χ0) is 14.8. The third-order valence-electron chi connectivity index (χ3n) is 4.77. The predicted octanol–water partition coefficient (Wildman–Crippen LogP) is 1.63. The van der Waals surface area contributed by atoms with E-state index >= 15 is 0 Å². The van der Waals surface area contributed by atoms with Gasteiger partial charge in [-0.05, 0) is 56.8 Å². The lowest BCUT2D eigenvalue weighted by atomic mass is 9.98. The third kappa shape index (κ3) is 2.97. The number of piperidine rings is 1. The Morgan fingerprint density at radius 2 is 2.19 bits per heavy atom. The number of nitrogens with zero attached hydrogens (tertiary/aromatic N) is 2. The van der Waals surface area contributed by atoms with Gasteiger partial charge >= 0.3 is 0 Å². The van der Waals surface area contributed by atoms with Crippen LogP contribution in [0.5, 0.6) is 0 Å². The number of benzene rings is 1. The average molecular weight is 287 g/mol. The van der Waals surface area contributed by atoms with Gasteiger partial charge in [-0.3, -0.25) is 9.69 Å². The van der Waals surface area contributed by atoms with Crippen molar-refractivity contribution in [3.05, 3.63) is 29.8 Å². The monoisotopic (exact) mass is 287 g/mol. The first-order valence-electron chi connectivity index (χ1n) is 8.01. The molecule has 1 saturated heterocycles. The summed E-state index contributed by atoms with van der Waals surface area (Å²) in [7, 11) is 0. The van der Waals surface area contributed by atoms with Crippen LogP contribution in [0.3, 0.4) is 0 Å². The van der Waals surface area contributed by atoms with Crippen LogP contribution in [-0.2, 0) is 11.2 Å². The second-order valence-electron chi connectivity index (χ2n) is 6.42. The number of rotatable bonds is 3. The van der Waals surface area contributed by atoms with E-state index in [0.29, 0.717) is 12.5 Å². The number of para-hydroxylation sites is 1. The lowest BCUT2D eigenvalue weighted by molar-refractivity contribution is -0.120. The molecule has 0 spiro atoms. The van der Waals surface area contributed by atoms with E-state index in [1.165, 1.54) is 12.0 Å². The molecule has 0 radical (unpaired) electrons. The van der Waals surface area contributed by atoms with Crippen LogP contribution in [-0.4, -0.2) is 43.0 Å². The van der Waals surface area contributed by atoms with Crippen molar-refractivity contribution in [3.63, 3.8) is 0 Å². The van der Waals surface area contributed by atoms with Crippen molar-refractivity contribution < 1.29 is 4.79 Å². The van der Waals surface area contributed by atoms with E-state index in [4.69, 9.17) is 5.73 Å². The van der Waals surface area contributed by atoms with Gasteiger partial charge < -0.3 is 10.6 Å². The molecule has 2 N–H and O–H groups in total. The zero-order valence-electron chi connectivity index (χ0n) is 12.8. The molecule has 114 valence electrons. The molecule has 2 atom stereocenters. The van der Waals surface area contributed by atoms with Gasteiger partial charge in [-0.1, -0.05) is 18.2 Å². The molecular weight excluding hydrogens is 262 g/mol. The molecular formula is C17H25N3O. The van der Waals surface area contributed by atoms with Gasteiger partial charge in [0.15, 0.2) is 0 Å². The lowest BCUT2D eigenvalue weighted by Gasteiger charge is -2.33.